The number of carbonyl (C=O) groups is 1. The Labute approximate surface area is 161 Å². The molecule has 27 heavy (non-hydrogen) atoms. The zero-order valence-corrected chi connectivity index (χ0v) is 15.9. The molecule has 0 aliphatic heterocycles. The Balaban J connectivity index is 1.59. The predicted molar refractivity (Wildman–Crippen MR) is 105 cm³/mol. The first-order chi connectivity index (χ1) is 13.2. The maximum absolute atomic E-state index is 12.1. The monoisotopic (exact) mass is 384 g/mol. The van der Waals surface area contributed by atoms with E-state index in [9.17, 15) is 4.79 Å². The lowest BCUT2D eigenvalue weighted by atomic mass is 10.2. The van der Waals surface area contributed by atoms with Crippen molar-refractivity contribution in [3.8, 4) is 11.5 Å². The number of benzene rings is 1. The van der Waals surface area contributed by atoms with Crippen molar-refractivity contribution in [3.05, 3.63) is 59.4 Å². The zero-order valence-electron chi connectivity index (χ0n) is 15.1. The molecule has 0 saturated heterocycles. The number of amides is 1. The molecule has 0 aliphatic rings. The number of carbonyl (C=O) groups excluding carboxylic acids is 1. The second-order valence-corrected chi connectivity index (χ2v) is 6.51. The van der Waals surface area contributed by atoms with Gasteiger partial charge in [0, 0.05) is 30.4 Å². The van der Waals surface area contributed by atoms with Crippen LogP contribution in [0.4, 0.5) is 10.8 Å². The van der Waals surface area contributed by atoms with E-state index >= 15 is 0 Å². The summed E-state index contributed by atoms with van der Waals surface area (Å²) < 4.78 is 10.6. The van der Waals surface area contributed by atoms with E-state index in [1.54, 1.807) is 26.6 Å². The van der Waals surface area contributed by atoms with Crippen LogP contribution < -0.4 is 20.1 Å². The molecule has 0 spiro atoms. The quantitative estimate of drug-likeness (QED) is 0.621. The Morgan fingerprint density at radius 2 is 2.11 bits per heavy atom. The van der Waals surface area contributed by atoms with Crippen LogP contribution in [0.3, 0.4) is 0 Å². The van der Waals surface area contributed by atoms with E-state index in [0.29, 0.717) is 28.9 Å². The van der Waals surface area contributed by atoms with Crippen LogP contribution in [-0.4, -0.2) is 30.1 Å². The molecule has 0 unspecified atom stereocenters. The van der Waals surface area contributed by atoms with Crippen molar-refractivity contribution in [2.24, 2.45) is 0 Å². The molecule has 0 bridgehead atoms. The molecule has 0 fully saturated rings. The van der Waals surface area contributed by atoms with Gasteiger partial charge in [0.15, 0.2) is 5.13 Å². The number of anilines is 2. The minimum absolute atomic E-state index is 0.0883. The van der Waals surface area contributed by atoms with Gasteiger partial charge in [-0.1, -0.05) is 6.07 Å². The Hall–Kier alpha value is -3.13. The van der Waals surface area contributed by atoms with Crippen molar-refractivity contribution in [1.29, 1.82) is 0 Å². The van der Waals surface area contributed by atoms with Gasteiger partial charge in [-0.2, -0.15) is 0 Å². The lowest BCUT2D eigenvalue weighted by Crippen LogP contribution is -2.24. The molecule has 0 atom stereocenters. The van der Waals surface area contributed by atoms with Crippen molar-refractivity contribution >= 4 is 28.1 Å². The third kappa shape index (κ3) is 5.18. The maximum atomic E-state index is 12.1. The van der Waals surface area contributed by atoms with Crippen LogP contribution in [0.15, 0.2) is 48.1 Å². The van der Waals surface area contributed by atoms with E-state index in [1.807, 2.05) is 35.7 Å². The van der Waals surface area contributed by atoms with Gasteiger partial charge in [0.2, 0.25) is 5.91 Å². The third-order valence-electron chi connectivity index (χ3n) is 3.75. The third-order valence-corrected chi connectivity index (χ3v) is 4.56. The van der Waals surface area contributed by atoms with Crippen LogP contribution in [0.2, 0.25) is 0 Å². The van der Waals surface area contributed by atoms with E-state index in [1.165, 1.54) is 11.3 Å². The first-order valence-electron chi connectivity index (χ1n) is 8.27. The number of hydrogen-bond acceptors (Lipinski definition) is 7. The molecule has 7 nitrogen and oxygen atoms in total. The zero-order chi connectivity index (χ0) is 19.1. The van der Waals surface area contributed by atoms with Gasteiger partial charge in [-0.15, -0.1) is 11.3 Å². The first kappa shape index (κ1) is 18.7. The van der Waals surface area contributed by atoms with E-state index in [0.717, 1.165) is 11.3 Å². The van der Waals surface area contributed by atoms with Gasteiger partial charge in [0.1, 0.15) is 11.5 Å². The van der Waals surface area contributed by atoms with E-state index < -0.39 is 0 Å². The number of rotatable bonds is 8. The van der Waals surface area contributed by atoms with Gasteiger partial charge in [0.05, 0.1) is 32.0 Å². The highest BCUT2D eigenvalue weighted by molar-refractivity contribution is 7.13. The van der Waals surface area contributed by atoms with Gasteiger partial charge in [-0.25, -0.2) is 4.98 Å². The van der Waals surface area contributed by atoms with Crippen molar-refractivity contribution < 1.29 is 14.3 Å². The summed E-state index contributed by atoms with van der Waals surface area (Å²) >= 11 is 1.42. The molecule has 140 valence electrons. The minimum atomic E-state index is -0.0883. The highest BCUT2D eigenvalue weighted by Crippen LogP contribution is 2.32. The molecule has 1 amide bonds. The van der Waals surface area contributed by atoms with Crippen molar-refractivity contribution in [3.63, 3.8) is 0 Å². The molecule has 0 aliphatic carbocycles. The van der Waals surface area contributed by atoms with E-state index in [-0.39, 0.29) is 12.3 Å². The summed E-state index contributed by atoms with van der Waals surface area (Å²) in [6, 6.07) is 9.23. The van der Waals surface area contributed by atoms with Crippen molar-refractivity contribution in [1.82, 2.24) is 15.3 Å². The average molecular weight is 384 g/mol. The molecular formula is C19H20N4O3S. The van der Waals surface area contributed by atoms with E-state index in [2.05, 4.69) is 20.6 Å². The summed E-state index contributed by atoms with van der Waals surface area (Å²) in [5.74, 6) is 1.31. The van der Waals surface area contributed by atoms with Crippen LogP contribution in [0.1, 0.15) is 11.3 Å². The molecule has 3 aromatic rings. The molecule has 0 radical (unpaired) electrons. The highest BCUT2D eigenvalue weighted by Gasteiger charge is 2.10. The number of hydrogen-bond donors (Lipinski definition) is 2. The summed E-state index contributed by atoms with van der Waals surface area (Å²) in [6.07, 6.45) is 3.65. The van der Waals surface area contributed by atoms with Crippen LogP contribution in [0.5, 0.6) is 11.5 Å². The fourth-order valence-electron chi connectivity index (χ4n) is 2.40. The van der Waals surface area contributed by atoms with E-state index in [4.69, 9.17) is 9.47 Å². The molecule has 1 aromatic carbocycles. The standard InChI is InChI=1S/C19H20N4O3S/c1-25-15-5-6-17(26-2)16(9-15)23-19-22-14(12-27-19)8-18(24)21-11-13-4-3-7-20-10-13/h3-7,9-10,12H,8,11H2,1-2H3,(H,21,24)(H,22,23). The van der Waals surface area contributed by atoms with Crippen molar-refractivity contribution in [2.75, 3.05) is 19.5 Å². The lowest BCUT2D eigenvalue weighted by molar-refractivity contribution is -0.120. The minimum Gasteiger partial charge on any atom is -0.497 e. The van der Waals surface area contributed by atoms with Crippen molar-refractivity contribution in [2.45, 2.75) is 13.0 Å². The second-order valence-electron chi connectivity index (χ2n) is 5.65. The number of nitrogens with one attached hydrogen (secondary N) is 2. The number of ether oxygens (including phenoxy) is 2. The summed E-state index contributed by atoms with van der Waals surface area (Å²) in [6.45, 7) is 0.447. The van der Waals surface area contributed by atoms with Crippen LogP contribution in [0, 0.1) is 0 Å². The van der Waals surface area contributed by atoms with Gasteiger partial charge in [0.25, 0.3) is 0 Å². The number of methoxy groups -OCH3 is 2. The number of pyridine rings is 1. The number of nitrogens with zero attached hydrogens (tertiary/aromatic N) is 2. The maximum Gasteiger partial charge on any atom is 0.226 e. The molecular weight excluding hydrogens is 364 g/mol. The average Bonchev–Trinajstić information content (AvgIpc) is 3.13. The lowest BCUT2D eigenvalue weighted by Gasteiger charge is -2.10. The fraction of sp³-hybridized carbons (Fsp3) is 0.211. The SMILES string of the molecule is COc1ccc(OC)c(Nc2nc(CC(=O)NCc3cccnc3)cs2)c1. The molecule has 2 heterocycles. The predicted octanol–water partition coefficient (Wildman–Crippen LogP) is 3.16. The molecule has 0 saturated carbocycles. The summed E-state index contributed by atoms with van der Waals surface area (Å²) in [7, 11) is 3.21. The first-order valence-corrected chi connectivity index (χ1v) is 9.15. The van der Waals surface area contributed by atoms with Crippen LogP contribution in [0.25, 0.3) is 0 Å². The van der Waals surface area contributed by atoms with Crippen LogP contribution >= 0.6 is 11.3 Å². The molecule has 2 N–H and O–H groups in total. The van der Waals surface area contributed by atoms with Gasteiger partial charge >= 0.3 is 0 Å². The number of thiazole rings is 1. The normalized spacial score (nSPS) is 10.3. The second kappa shape index (κ2) is 9.00. The largest absolute Gasteiger partial charge is 0.497 e. The molecule has 8 heteroatoms. The summed E-state index contributed by atoms with van der Waals surface area (Å²) in [5, 5.41) is 8.62. The Morgan fingerprint density at radius 3 is 2.85 bits per heavy atom. The Kier molecular flexibility index (Phi) is 6.22. The topological polar surface area (TPSA) is 85.4 Å². The van der Waals surface area contributed by atoms with Gasteiger partial charge < -0.3 is 20.1 Å². The number of aromatic nitrogens is 2. The van der Waals surface area contributed by atoms with Gasteiger partial charge in [-0.05, 0) is 23.8 Å². The summed E-state index contributed by atoms with van der Waals surface area (Å²) in [4.78, 5) is 20.6. The van der Waals surface area contributed by atoms with Crippen LogP contribution in [-0.2, 0) is 17.8 Å². The van der Waals surface area contributed by atoms with Gasteiger partial charge in [-0.3, -0.25) is 9.78 Å². The molecule has 3 rings (SSSR count). The highest BCUT2D eigenvalue weighted by atomic mass is 32.1. The Bertz CT molecular complexity index is 899. The Morgan fingerprint density at radius 1 is 1.22 bits per heavy atom. The smallest absolute Gasteiger partial charge is 0.226 e. The molecule has 2 aromatic heterocycles. The summed E-state index contributed by atoms with van der Waals surface area (Å²) in [5.41, 5.74) is 2.41. The fourth-order valence-corrected chi connectivity index (χ4v) is 3.13.